The van der Waals surface area contributed by atoms with Crippen LogP contribution in [0.15, 0.2) is 12.2 Å². The van der Waals surface area contributed by atoms with Crippen LogP contribution in [0.1, 0.15) is 19.8 Å². The molecule has 0 aromatic rings. The van der Waals surface area contributed by atoms with Crippen molar-refractivity contribution >= 4 is 5.97 Å². The lowest BCUT2D eigenvalue weighted by atomic mass is 10.3. The first kappa shape index (κ1) is 12.7. The standard InChI is InChI=1S/C10H15NO3/c1-3-5-13-6-4-7-14-10(12)9(2)8-11/h2-7H2,1H3. The summed E-state index contributed by atoms with van der Waals surface area (Å²) in [4.78, 5) is 10.9. The first-order chi connectivity index (χ1) is 6.72. The second kappa shape index (κ2) is 8.27. The molecule has 0 saturated heterocycles. The summed E-state index contributed by atoms with van der Waals surface area (Å²) in [5.41, 5.74) is -0.167. The highest BCUT2D eigenvalue weighted by molar-refractivity contribution is 5.91. The van der Waals surface area contributed by atoms with Crippen molar-refractivity contribution in [3.8, 4) is 6.07 Å². The van der Waals surface area contributed by atoms with Gasteiger partial charge < -0.3 is 9.47 Å². The molecular formula is C10H15NO3. The van der Waals surface area contributed by atoms with Crippen molar-refractivity contribution in [3.05, 3.63) is 12.2 Å². The van der Waals surface area contributed by atoms with Gasteiger partial charge in [0.2, 0.25) is 0 Å². The number of hydrogen-bond acceptors (Lipinski definition) is 4. The maximum absolute atomic E-state index is 10.9. The van der Waals surface area contributed by atoms with Crippen LogP contribution < -0.4 is 0 Å². The summed E-state index contributed by atoms with van der Waals surface area (Å²) in [5.74, 6) is -0.650. The van der Waals surface area contributed by atoms with Gasteiger partial charge in [-0.1, -0.05) is 13.5 Å². The molecule has 0 radical (unpaired) electrons. The minimum Gasteiger partial charge on any atom is -0.461 e. The minimum absolute atomic E-state index is 0.167. The van der Waals surface area contributed by atoms with E-state index in [0.29, 0.717) is 13.0 Å². The highest BCUT2D eigenvalue weighted by Gasteiger charge is 2.05. The lowest BCUT2D eigenvalue weighted by Gasteiger charge is -2.03. The van der Waals surface area contributed by atoms with Crippen molar-refractivity contribution in [1.29, 1.82) is 5.26 Å². The fraction of sp³-hybridized carbons (Fsp3) is 0.600. The van der Waals surface area contributed by atoms with Crippen LogP contribution in [0.4, 0.5) is 0 Å². The highest BCUT2D eigenvalue weighted by atomic mass is 16.5. The average Bonchev–Trinajstić information content (AvgIpc) is 2.21. The molecular weight excluding hydrogens is 182 g/mol. The summed E-state index contributed by atoms with van der Waals surface area (Å²) in [6.07, 6.45) is 1.62. The Labute approximate surface area is 84.1 Å². The van der Waals surface area contributed by atoms with Crippen LogP contribution in [-0.4, -0.2) is 25.8 Å². The largest absolute Gasteiger partial charge is 0.461 e. The number of carbonyl (C=O) groups excluding carboxylic acids is 1. The van der Waals surface area contributed by atoms with E-state index in [2.05, 4.69) is 6.58 Å². The van der Waals surface area contributed by atoms with Gasteiger partial charge in [0.05, 0.1) is 6.61 Å². The van der Waals surface area contributed by atoms with Gasteiger partial charge in [-0.25, -0.2) is 4.79 Å². The zero-order valence-electron chi connectivity index (χ0n) is 8.41. The molecule has 0 aliphatic carbocycles. The van der Waals surface area contributed by atoms with E-state index in [4.69, 9.17) is 14.7 Å². The average molecular weight is 197 g/mol. The number of esters is 1. The van der Waals surface area contributed by atoms with Gasteiger partial charge in [-0.15, -0.1) is 0 Å². The summed E-state index contributed by atoms with van der Waals surface area (Å²) in [5, 5.41) is 8.30. The van der Waals surface area contributed by atoms with Gasteiger partial charge in [-0.2, -0.15) is 5.26 Å². The summed E-state index contributed by atoms with van der Waals surface area (Å²) in [6, 6.07) is 1.63. The van der Waals surface area contributed by atoms with E-state index in [1.54, 1.807) is 6.07 Å². The Hall–Kier alpha value is -1.34. The normalized spacial score (nSPS) is 9.14. The monoisotopic (exact) mass is 197 g/mol. The number of rotatable bonds is 7. The van der Waals surface area contributed by atoms with Gasteiger partial charge in [0.15, 0.2) is 0 Å². The Morgan fingerprint density at radius 3 is 2.71 bits per heavy atom. The Balaban J connectivity index is 3.33. The summed E-state index contributed by atoms with van der Waals surface area (Å²) in [6.45, 7) is 6.82. The molecule has 4 nitrogen and oxygen atoms in total. The van der Waals surface area contributed by atoms with E-state index in [1.807, 2.05) is 6.92 Å². The molecule has 0 aromatic carbocycles. The first-order valence-electron chi connectivity index (χ1n) is 4.56. The van der Waals surface area contributed by atoms with Crippen LogP contribution in [0.2, 0.25) is 0 Å². The smallest absolute Gasteiger partial charge is 0.348 e. The van der Waals surface area contributed by atoms with Crippen LogP contribution >= 0.6 is 0 Å². The number of nitriles is 1. The molecule has 0 aliphatic rings. The fourth-order valence-corrected chi connectivity index (χ4v) is 0.705. The van der Waals surface area contributed by atoms with Crippen LogP contribution in [0.3, 0.4) is 0 Å². The second-order valence-electron chi connectivity index (χ2n) is 2.69. The molecule has 0 amide bonds. The highest BCUT2D eigenvalue weighted by Crippen LogP contribution is 1.94. The lowest BCUT2D eigenvalue weighted by Crippen LogP contribution is -2.09. The minimum atomic E-state index is -0.650. The zero-order valence-corrected chi connectivity index (χ0v) is 8.41. The van der Waals surface area contributed by atoms with Crippen molar-refractivity contribution in [1.82, 2.24) is 0 Å². The first-order valence-corrected chi connectivity index (χ1v) is 4.56. The van der Waals surface area contributed by atoms with E-state index in [0.717, 1.165) is 13.0 Å². The van der Waals surface area contributed by atoms with Crippen molar-refractivity contribution in [2.75, 3.05) is 19.8 Å². The predicted octanol–water partition coefficient (Wildman–Crippen LogP) is 1.43. The van der Waals surface area contributed by atoms with E-state index >= 15 is 0 Å². The van der Waals surface area contributed by atoms with Gasteiger partial charge in [-0.05, 0) is 6.42 Å². The van der Waals surface area contributed by atoms with Crippen LogP contribution in [0, 0.1) is 11.3 Å². The SMILES string of the molecule is C=C(C#N)C(=O)OCCCOCCC. The summed E-state index contributed by atoms with van der Waals surface area (Å²) >= 11 is 0. The molecule has 0 saturated carbocycles. The number of nitrogens with zero attached hydrogens (tertiary/aromatic N) is 1. The Kier molecular flexibility index (Phi) is 7.48. The molecule has 0 rings (SSSR count). The molecule has 78 valence electrons. The van der Waals surface area contributed by atoms with Crippen LogP contribution in [0.25, 0.3) is 0 Å². The van der Waals surface area contributed by atoms with E-state index < -0.39 is 5.97 Å². The van der Waals surface area contributed by atoms with E-state index in [-0.39, 0.29) is 12.2 Å². The van der Waals surface area contributed by atoms with Gasteiger partial charge in [-0.3, -0.25) is 0 Å². The second-order valence-corrected chi connectivity index (χ2v) is 2.69. The molecule has 0 unspecified atom stereocenters. The van der Waals surface area contributed by atoms with Crippen LogP contribution in [-0.2, 0) is 14.3 Å². The fourth-order valence-electron chi connectivity index (χ4n) is 0.705. The Bertz CT molecular complexity index is 230. The molecule has 0 N–H and O–H groups in total. The molecule has 0 aromatic heterocycles. The van der Waals surface area contributed by atoms with Crippen molar-refractivity contribution < 1.29 is 14.3 Å². The van der Waals surface area contributed by atoms with Crippen LogP contribution in [0.5, 0.6) is 0 Å². The number of carbonyl (C=O) groups is 1. The molecule has 0 heterocycles. The molecule has 0 bridgehead atoms. The maximum atomic E-state index is 10.9. The van der Waals surface area contributed by atoms with Crippen molar-refractivity contribution in [3.63, 3.8) is 0 Å². The Morgan fingerprint density at radius 1 is 1.43 bits per heavy atom. The Morgan fingerprint density at radius 2 is 2.14 bits per heavy atom. The third-order valence-corrected chi connectivity index (χ3v) is 1.40. The number of hydrogen-bond donors (Lipinski definition) is 0. The van der Waals surface area contributed by atoms with Gasteiger partial charge in [0, 0.05) is 19.6 Å². The van der Waals surface area contributed by atoms with E-state index in [9.17, 15) is 4.79 Å². The summed E-state index contributed by atoms with van der Waals surface area (Å²) < 4.78 is 9.91. The third-order valence-electron chi connectivity index (χ3n) is 1.40. The molecule has 4 heteroatoms. The van der Waals surface area contributed by atoms with Gasteiger partial charge >= 0.3 is 5.97 Å². The molecule has 0 spiro atoms. The van der Waals surface area contributed by atoms with Crippen molar-refractivity contribution in [2.24, 2.45) is 0 Å². The number of ether oxygens (including phenoxy) is 2. The lowest BCUT2D eigenvalue weighted by molar-refractivity contribution is -0.138. The summed E-state index contributed by atoms with van der Waals surface area (Å²) in [7, 11) is 0. The van der Waals surface area contributed by atoms with Gasteiger partial charge in [0.25, 0.3) is 0 Å². The van der Waals surface area contributed by atoms with Gasteiger partial charge in [0.1, 0.15) is 11.6 Å². The molecule has 0 aliphatic heterocycles. The predicted molar refractivity (Wildman–Crippen MR) is 51.4 cm³/mol. The van der Waals surface area contributed by atoms with E-state index in [1.165, 1.54) is 0 Å². The molecule has 14 heavy (non-hydrogen) atoms. The maximum Gasteiger partial charge on any atom is 0.348 e. The zero-order chi connectivity index (χ0) is 10.8. The molecule has 0 fully saturated rings. The quantitative estimate of drug-likeness (QED) is 0.268. The third kappa shape index (κ3) is 6.21. The van der Waals surface area contributed by atoms with Crippen molar-refractivity contribution in [2.45, 2.75) is 19.8 Å². The topological polar surface area (TPSA) is 59.3 Å². The molecule has 0 atom stereocenters.